The molecule has 5 rings (SSSR count). The fraction of sp³-hybridized carbons (Fsp3) is 0.786. The van der Waals surface area contributed by atoms with Crippen molar-refractivity contribution in [2.45, 2.75) is 43.6 Å². The van der Waals surface area contributed by atoms with E-state index in [0.717, 1.165) is 19.3 Å². The van der Waals surface area contributed by atoms with Gasteiger partial charge in [0.05, 0.1) is 0 Å². The first kappa shape index (κ1) is 19.5. The Hall–Kier alpha value is -1.30. The second-order valence-corrected chi connectivity index (χ2v) is 8.50. The molecule has 5 aliphatic carbocycles. The Morgan fingerprint density at radius 3 is 1.92 bits per heavy atom. The van der Waals surface area contributed by atoms with Crippen molar-refractivity contribution in [2.75, 3.05) is 5.75 Å². The predicted octanol–water partition coefficient (Wildman–Crippen LogP) is 3.03. The van der Waals surface area contributed by atoms with E-state index in [1.807, 2.05) is 0 Å². The third-order valence-corrected chi connectivity index (χ3v) is 6.11. The van der Waals surface area contributed by atoms with Gasteiger partial charge in [-0.3, -0.25) is 4.55 Å². The van der Waals surface area contributed by atoms with Gasteiger partial charge in [-0.1, -0.05) is 5.57 Å². The maximum Gasteiger partial charge on any atom is 0.438 e. The van der Waals surface area contributed by atoms with Crippen LogP contribution in [0, 0.1) is 17.8 Å². The first-order chi connectivity index (χ1) is 11.6. The van der Waals surface area contributed by atoms with Gasteiger partial charge >= 0.3 is 23.9 Å². The predicted molar refractivity (Wildman–Crippen MR) is 73.3 cm³/mol. The summed E-state index contributed by atoms with van der Waals surface area (Å²) in [4.78, 5) is 12.2. The maximum atomic E-state index is 13.2. The summed E-state index contributed by atoms with van der Waals surface area (Å²) in [5.41, 5.74) is -5.02. The summed E-state index contributed by atoms with van der Waals surface area (Å²) in [7, 11) is -5.77. The Morgan fingerprint density at radius 1 is 1.04 bits per heavy atom. The van der Waals surface area contributed by atoms with Crippen LogP contribution < -0.4 is 0 Å². The molecule has 0 amide bonds. The normalized spacial score (nSPS) is 28.8. The van der Waals surface area contributed by atoms with Crippen molar-refractivity contribution in [3.05, 3.63) is 11.1 Å². The van der Waals surface area contributed by atoms with Crippen LogP contribution in [0.3, 0.4) is 0 Å². The number of rotatable bonds is 4. The van der Waals surface area contributed by atoms with E-state index in [2.05, 4.69) is 4.74 Å². The monoisotopic (exact) mass is 408 g/mol. The van der Waals surface area contributed by atoms with Crippen LogP contribution in [0.25, 0.3) is 0 Å². The zero-order chi connectivity index (χ0) is 19.7. The maximum absolute atomic E-state index is 13.2. The lowest BCUT2D eigenvalue weighted by Crippen LogP contribution is -2.63. The Kier molecular flexibility index (Phi) is 4.19. The molecule has 0 radical (unpaired) electrons. The molecule has 0 aliphatic heterocycles. The van der Waals surface area contributed by atoms with E-state index in [0.29, 0.717) is 5.57 Å². The highest BCUT2D eigenvalue weighted by molar-refractivity contribution is 7.85. The highest BCUT2D eigenvalue weighted by atomic mass is 32.2. The zero-order valence-corrected chi connectivity index (χ0v) is 13.8. The van der Waals surface area contributed by atoms with Crippen molar-refractivity contribution < 1.29 is 48.8 Å². The molecule has 5 aliphatic rings. The second kappa shape index (κ2) is 5.60. The average molecular weight is 408 g/mol. The topological polar surface area (TPSA) is 80.7 Å². The molecule has 1 N–H and O–H groups in total. The van der Waals surface area contributed by atoms with Crippen molar-refractivity contribution in [1.82, 2.24) is 0 Å². The van der Waals surface area contributed by atoms with Gasteiger partial charge in [-0.05, 0) is 43.4 Å². The number of hydrogen-bond donors (Lipinski definition) is 1. The van der Waals surface area contributed by atoms with E-state index in [1.54, 1.807) is 0 Å². The molecular weight excluding hydrogens is 394 g/mol. The molecule has 148 valence electrons. The molecule has 5 nitrogen and oxygen atoms in total. The summed E-state index contributed by atoms with van der Waals surface area (Å²) >= 11 is 0. The first-order valence-corrected chi connectivity index (χ1v) is 9.30. The lowest BCUT2D eigenvalue weighted by atomic mass is 9.51. The van der Waals surface area contributed by atoms with Crippen LogP contribution in [-0.2, 0) is 19.6 Å². The molecule has 26 heavy (non-hydrogen) atoms. The number of carbonyl (C=O) groups is 1. The average Bonchev–Trinajstić information content (AvgIpc) is 2.42. The molecule has 0 saturated heterocycles. The van der Waals surface area contributed by atoms with Crippen LogP contribution in [0.15, 0.2) is 11.1 Å². The Balaban J connectivity index is 2.00. The van der Waals surface area contributed by atoms with Crippen molar-refractivity contribution in [2.24, 2.45) is 17.8 Å². The quantitative estimate of drug-likeness (QED) is 0.440. The van der Waals surface area contributed by atoms with Gasteiger partial charge in [0.1, 0.15) is 5.75 Å². The number of hydrogen-bond acceptors (Lipinski definition) is 4. The van der Waals surface area contributed by atoms with Crippen LogP contribution in [0.5, 0.6) is 0 Å². The summed E-state index contributed by atoms with van der Waals surface area (Å²) in [6.45, 7) is 0. The number of allylic oxidation sites excluding steroid dienone is 1. The molecular formula is C14H14F6O5S. The van der Waals surface area contributed by atoms with Crippen LogP contribution in [-0.4, -0.2) is 42.6 Å². The van der Waals surface area contributed by atoms with Crippen LogP contribution >= 0.6 is 0 Å². The molecule has 2 atom stereocenters. The molecule has 4 bridgehead atoms. The number of halogens is 6. The summed E-state index contributed by atoms with van der Waals surface area (Å²) in [5.74, 6) is -4.76. The molecule has 0 aromatic heterocycles. The largest absolute Gasteiger partial charge is 0.438 e. The molecule has 0 spiro atoms. The third-order valence-electron chi connectivity index (χ3n) is 5.34. The third kappa shape index (κ3) is 3.00. The number of fused-ring (bicyclic) bond motifs is 1. The van der Waals surface area contributed by atoms with Gasteiger partial charge in [-0.15, -0.1) is 0 Å². The van der Waals surface area contributed by atoms with Gasteiger partial charge in [0.25, 0.3) is 10.1 Å². The molecule has 0 aromatic carbocycles. The smallest absolute Gasteiger partial charge is 0.435 e. The van der Waals surface area contributed by atoms with Crippen molar-refractivity contribution >= 4 is 16.1 Å². The van der Waals surface area contributed by atoms with E-state index in [4.69, 9.17) is 4.55 Å². The summed E-state index contributed by atoms with van der Waals surface area (Å²) < 4.78 is 113. The number of esters is 1. The standard InChI is InChI=1S/C14H14F6O5S/c15-13(16,17)12(14(18,19)20,5-26(22,23)24)25-11(21)9-3-6-1-7-4-8(2-6)10(7)9/h6-8H,1-5H2,(H,22,23,24). The number of alkyl halides is 6. The van der Waals surface area contributed by atoms with Crippen molar-refractivity contribution in [3.63, 3.8) is 0 Å². The minimum Gasteiger partial charge on any atom is -0.435 e. The lowest BCUT2D eigenvalue weighted by Gasteiger charge is -2.53. The van der Waals surface area contributed by atoms with Crippen LogP contribution in [0.2, 0.25) is 0 Å². The molecule has 12 heteroatoms. The molecule has 2 unspecified atom stereocenters. The van der Waals surface area contributed by atoms with Gasteiger partial charge in [0.2, 0.25) is 0 Å². The molecule has 3 saturated carbocycles. The number of carbonyl (C=O) groups excluding carboxylic acids is 1. The van der Waals surface area contributed by atoms with E-state index in [9.17, 15) is 39.6 Å². The van der Waals surface area contributed by atoms with Crippen LogP contribution in [0.4, 0.5) is 26.3 Å². The van der Waals surface area contributed by atoms with Gasteiger partial charge in [-0.25, -0.2) is 4.79 Å². The highest BCUT2D eigenvalue weighted by Gasteiger charge is 2.76. The Labute approximate surface area is 144 Å². The van der Waals surface area contributed by atoms with E-state index in [-0.39, 0.29) is 29.7 Å². The van der Waals surface area contributed by atoms with Gasteiger partial charge in [0, 0.05) is 5.57 Å². The minimum atomic E-state index is -6.29. The van der Waals surface area contributed by atoms with Crippen molar-refractivity contribution in [1.29, 1.82) is 0 Å². The Morgan fingerprint density at radius 2 is 1.54 bits per heavy atom. The fourth-order valence-electron chi connectivity index (χ4n) is 4.33. The second-order valence-electron chi connectivity index (χ2n) is 7.04. The van der Waals surface area contributed by atoms with Gasteiger partial charge in [0.15, 0.2) is 0 Å². The molecule has 0 aromatic rings. The highest BCUT2D eigenvalue weighted by Crippen LogP contribution is 2.60. The summed E-state index contributed by atoms with van der Waals surface area (Å²) in [5, 5.41) is 0. The summed E-state index contributed by atoms with van der Waals surface area (Å²) in [6.07, 6.45) is -10.4. The lowest BCUT2D eigenvalue weighted by molar-refractivity contribution is -0.360. The van der Waals surface area contributed by atoms with Crippen LogP contribution in [0.1, 0.15) is 25.7 Å². The molecule has 0 heterocycles. The van der Waals surface area contributed by atoms with Crippen molar-refractivity contribution in [3.8, 4) is 0 Å². The Bertz CT molecular complexity index is 738. The van der Waals surface area contributed by atoms with E-state index in [1.165, 1.54) is 0 Å². The SMILES string of the molecule is O=C(OC(CS(=O)(=O)O)(C(F)(F)F)C(F)(F)F)C1=C2C3CC(C1)CC2C3. The van der Waals surface area contributed by atoms with E-state index < -0.39 is 39.8 Å². The summed E-state index contributed by atoms with van der Waals surface area (Å²) in [6, 6.07) is 0. The van der Waals surface area contributed by atoms with Gasteiger partial charge in [-0.2, -0.15) is 34.8 Å². The zero-order valence-electron chi connectivity index (χ0n) is 13.0. The molecule has 3 fully saturated rings. The van der Waals surface area contributed by atoms with E-state index >= 15 is 0 Å². The first-order valence-electron chi connectivity index (χ1n) is 7.69. The van der Waals surface area contributed by atoms with Gasteiger partial charge < -0.3 is 4.74 Å². The number of ether oxygens (including phenoxy) is 1. The minimum absolute atomic E-state index is 0.00783. The fourth-order valence-corrected chi connectivity index (χ4v) is 5.23.